The average Bonchev–Trinajstić information content (AvgIpc) is 2.78. The van der Waals surface area contributed by atoms with E-state index in [1.165, 1.54) is 0 Å². The van der Waals surface area contributed by atoms with Gasteiger partial charge in [0.25, 0.3) is 0 Å². The summed E-state index contributed by atoms with van der Waals surface area (Å²) in [5.74, 6) is -0.778. The summed E-state index contributed by atoms with van der Waals surface area (Å²) in [6.07, 6.45) is -0.160. The molecule has 0 saturated carbocycles. The lowest BCUT2D eigenvalue weighted by Gasteiger charge is -2.19. The summed E-state index contributed by atoms with van der Waals surface area (Å²) in [6, 6.07) is 5.07. The molecule has 0 aliphatic heterocycles. The molecule has 1 aromatic heterocycles. The average molecular weight is 361 g/mol. The Balaban J connectivity index is 2.18. The monoisotopic (exact) mass is 360 g/mol. The van der Waals surface area contributed by atoms with Gasteiger partial charge < -0.3 is 4.74 Å². The lowest BCUT2D eigenvalue weighted by molar-refractivity contribution is -0.154. The molecule has 0 atom stereocenters. The van der Waals surface area contributed by atoms with Gasteiger partial charge in [0.1, 0.15) is 9.81 Å². The third-order valence-electron chi connectivity index (χ3n) is 2.80. The van der Waals surface area contributed by atoms with Crippen molar-refractivity contribution in [2.75, 3.05) is 5.75 Å². The van der Waals surface area contributed by atoms with Crippen molar-refractivity contribution in [1.82, 2.24) is 0 Å². The first kappa shape index (κ1) is 17.2. The van der Waals surface area contributed by atoms with Crippen molar-refractivity contribution < 1.29 is 17.9 Å². The molecule has 2 rings (SSSR count). The van der Waals surface area contributed by atoms with Crippen LogP contribution in [0.15, 0.2) is 27.8 Å². The quantitative estimate of drug-likeness (QED) is 0.771. The van der Waals surface area contributed by atoms with E-state index < -0.39 is 21.4 Å². The van der Waals surface area contributed by atoms with E-state index >= 15 is 0 Å². The van der Waals surface area contributed by atoms with Gasteiger partial charge in [-0.05, 0) is 43.7 Å². The Morgan fingerprint density at radius 1 is 1.32 bits per heavy atom. The normalized spacial score (nSPS) is 12.5. The van der Waals surface area contributed by atoms with Gasteiger partial charge in [0, 0.05) is 10.4 Å². The number of carbonyl (C=O) groups is 1. The highest BCUT2D eigenvalue weighted by Crippen LogP contribution is 2.32. The van der Waals surface area contributed by atoms with Gasteiger partial charge in [0.05, 0.1) is 12.2 Å². The number of fused-ring (bicyclic) bond motifs is 1. The van der Waals surface area contributed by atoms with Crippen LogP contribution in [0.3, 0.4) is 0 Å². The minimum Gasteiger partial charge on any atom is -0.460 e. The van der Waals surface area contributed by atoms with E-state index in [4.69, 9.17) is 16.3 Å². The summed E-state index contributed by atoms with van der Waals surface area (Å²) >= 11 is 7.04. The SMILES string of the molecule is CC(C)(C)OC(=O)CCS(=O)(=O)c1scc2cc(Cl)ccc12. The Kier molecular flexibility index (Phi) is 4.84. The van der Waals surface area contributed by atoms with Crippen LogP contribution >= 0.6 is 22.9 Å². The summed E-state index contributed by atoms with van der Waals surface area (Å²) in [4.78, 5) is 11.7. The van der Waals surface area contributed by atoms with Crippen molar-refractivity contribution in [3.63, 3.8) is 0 Å². The summed E-state index contributed by atoms with van der Waals surface area (Å²) in [5, 5.41) is 3.73. The van der Waals surface area contributed by atoms with E-state index in [0.29, 0.717) is 10.4 Å². The molecule has 120 valence electrons. The number of sulfone groups is 1. The van der Waals surface area contributed by atoms with Gasteiger partial charge in [0.2, 0.25) is 0 Å². The molecular formula is C15H17ClO4S2. The fourth-order valence-corrected chi connectivity index (χ4v) is 4.99. The Bertz CT molecular complexity index is 801. The van der Waals surface area contributed by atoms with Crippen LogP contribution in [0.5, 0.6) is 0 Å². The summed E-state index contributed by atoms with van der Waals surface area (Å²) in [5.41, 5.74) is -0.618. The van der Waals surface area contributed by atoms with Crippen LogP contribution in [0.2, 0.25) is 5.02 Å². The zero-order chi connectivity index (χ0) is 16.5. The van der Waals surface area contributed by atoms with Crippen LogP contribution in [-0.2, 0) is 19.4 Å². The molecule has 1 aromatic carbocycles. The molecule has 0 unspecified atom stereocenters. The number of hydrogen-bond acceptors (Lipinski definition) is 5. The van der Waals surface area contributed by atoms with Crippen LogP contribution in [0, 0.1) is 0 Å². The van der Waals surface area contributed by atoms with E-state index in [-0.39, 0.29) is 16.4 Å². The highest BCUT2D eigenvalue weighted by Gasteiger charge is 2.23. The minimum atomic E-state index is -3.53. The van der Waals surface area contributed by atoms with Gasteiger partial charge in [-0.3, -0.25) is 4.79 Å². The van der Waals surface area contributed by atoms with Crippen LogP contribution in [0.25, 0.3) is 10.8 Å². The molecule has 1 heterocycles. The fourth-order valence-electron chi connectivity index (χ4n) is 1.94. The number of ether oxygens (including phenoxy) is 1. The molecule has 22 heavy (non-hydrogen) atoms. The number of carbonyl (C=O) groups excluding carboxylic acids is 1. The van der Waals surface area contributed by atoms with Crippen LogP contribution in [-0.4, -0.2) is 25.7 Å². The molecule has 0 aliphatic rings. The Labute approximate surface area is 139 Å². The fraction of sp³-hybridized carbons (Fsp3) is 0.400. The van der Waals surface area contributed by atoms with Gasteiger partial charge in [0.15, 0.2) is 9.84 Å². The Hall–Kier alpha value is -1.11. The second kappa shape index (κ2) is 6.18. The van der Waals surface area contributed by atoms with Crippen molar-refractivity contribution in [2.24, 2.45) is 0 Å². The Morgan fingerprint density at radius 3 is 2.64 bits per heavy atom. The number of benzene rings is 1. The smallest absolute Gasteiger partial charge is 0.307 e. The molecule has 0 spiro atoms. The first-order chi connectivity index (χ1) is 10.1. The molecule has 0 N–H and O–H groups in total. The largest absolute Gasteiger partial charge is 0.460 e. The molecule has 0 bridgehead atoms. The topological polar surface area (TPSA) is 60.4 Å². The summed E-state index contributed by atoms with van der Waals surface area (Å²) in [7, 11) is -3.53. The molecule has 4 nitrogen and oxygen atoms in total. The van der Waals surface area contributed by atoms with Crippen molar-refractivity contribution in [3.05, 3.63) is 28.6 Å². The predicted octanol–water partition coefficient (Wildman–Crippen LogP) is 4.06. The van der Waals surface area contributed by atoms with Gasteiger partial charge in [-0.2, -0.15) is 0 Å². The molecule has 7 heteroatoms. The summed E-state index contributed by atoms with van der Waals surface area (Å²) in [6.45, 7) is 5.24. The third-order valence-corrected chi connectivity index (χ3v) is 6.42. The van der Waals surface area contributed by atoms with Gasteiger partial charge in [-0.15, -0.1) is 11.3 Å². The van der Waals surface area contributed by atoms with Gasteiger partial charge in [-0.1, -0.05) is 17.7 Å². The standard InChI is InChI=1S/C15H17ClO4S2/c1-15(2,3)20-13(17)6-7-22(18,19)14-12-5-4-11(16)8-10(12)9-21-14/h4-5,8-9H,6-7H2,1-3H3. The lowest BCUT2D eigenvalue weighted by Crippen LogP contribution is -2.25. The highest BCUT2D eigenvalue weighted by atomic mass is 35.5. The van der Waals surface area contributed by atoms with Crippen molar-refractivity contribution >= 4 is 49.5 Å². The van der Waals surface area contributed by atoms with Crippen LogP contribution < -0.4 is 0 Å². The number of esters is 1. The van der Waals surface area contributed by atoms with Crippen LogP contribution in [0.1, 0.15) is 27.2 Å². The van der Waals surface area contributed by atoms with Gasteiger partial charge >= 0.3 is 5.97 Å². The molecule has 2 aromatic rings. The second-order valence-electron chi connectivity index (χ2n) is 5.91. The number of rotatable bonds is 4. The zero-order valence-electron chi connectivity index (χ0n) is 12.6. The van der Waals surface area contributed by atoms with Crippen molar-refractivity contribution in [2.45, 2.75) is 37.0 Å². The molecule has 0 saturated heterocycles. The maximum absolute atomic E-state index is 12.4. The maximum atomic E-state index is 12.4. The number of halogens is 1. The first-order valence-corrected chi connectivity index (χ1v) is 9.61. The van der Waals surface area contributed by atoms with Gasteiger partial charge in [-0.25, -0.2) is 8.42 Å². The number of hydrogen-bond donors (Lipinski definition) is 0. The van der Waals surface area contributed by atoms with E-state index in [9.17, 15) is 13.2 Å². The molecule has 0 amide bonds. The van der Waals surface area contributed by atoms with E-state index in [0.717, 1.165) is 16.7 Å². The van der Waals surface area contributed by atoms with Crippen molar-refractivity contribution in [3.8, 4) is 0 Å². The molecule has 0 fully saturated rings. The van der Waals surface area contributed by atoms with Crippen molar-refractivity contribution in [1.29, 1.82) is 0 Å². The van der Waals surface area contributed by atoms with Crippen LogP contribution in [0.4, 0.5) is 0 Å². The highest BCUT2D eigenvalue weighted by molar-refractivity contribution is 7.93. The maximum Gasteiger partial charge on any atom is 0.307 e. The molecule has 0 radical (unpaired) electrons. The number of thiophene rings is 1. The second-order valence-corrected chi connectivity index (χ2v) is 9.53. The molecule has 0 aliphatic carbocycles. The minimum absolute atomic E-state index is 0.160. The van der Waals surface area contributed by atoms with E-state index in [1.54, 1.807) is 44.4 Å². The lowest BCUT2D eigenvalue weighted by atomic mass is 10.2. The first-order valence-electron chi connectivity index (χ1n) is 6.70. The van der Waals surface area contributed by atoms with E-state index in [2.05, 4.69) is 0 Å². The zero-order valence-corrected chi connectivity index (χ0v) is 14.9. The predicted molar refractivity (Wildman–Crippen MR) is 89.3 cm³/mol. The van der Waals surface area contributed by atoms with E-state index in [1.807, 2.05) is 0 Å². The summed E-state index contributed by atoms with van der Waals surface area (Å²) < 4.78 is 30.3. The Morgan fingerprint density at radius 2 is 2.00 bits per heavy atom. The molecular weight excluding hydrogens is 344 g/mol. The third kappa shape index (κ3) is 4.21.